The number of halogens is 1. The van der Waals surface area contributed by atoms with E-state index < -0.39 is 22.0 Å². The third kappa shape index (κ3) is 4.34. The molecule has 0 unspecified atom stereocenters. The molecule has 0 aliphatic rings. The van der Waals surface area contributed by atoms with Crippen LogP contribution >= 0.6 is 0 Å². The molecule has 0 aliphatic carbocycles. The van der Waals surface area contributed by atoms with E-state index in [2.05, 4.69) is 4.72 Å². The second-order valence-electron chi connectivity index (χ2n) is 3.80. The molecular weight excluding hydrogens is 275 g/mol. The van der Waals surface area contributed by atoms with Gasteiger partial charge in [0, 0.05) is 20.2 Å². The van der Waals surface area contributed by atoms with Crippen LogP contribution in [-0.2, 0) is 15.0 Å². The van der Waals surface area contributed by atoms with Crippen molar-refractivity contribution in [2.45, 2.75) is 0 Å². The molecule has 0 amide bonds. The Bertz CT molecular complexity index is 611. The molecule has 0 fully saturated rings. The molecule has 0 spiro atoms. The van der Waals surface area contributed by atoms with E-state index in [0.717, 1.165) is 16.4 Å². The molecule has 0 saturated carbocycles. The van der Waals surface area contributed by atoms with Crippen molar-refractivity contribution in [1.82, 2.24) is 4.31 Å². The van der Waals surface area contributed by atoms with Crippen LogP contribution in [0.3, 0.4) is 0 Å². The van der Waals surface area contributed by atoms with E-state index in [-0.39, 0.29) is 5.69 Å². The summed E-state index contributed by atoms with van der Waals surface area (Å²) < 4.78 is 39.6. The summed E-state index contributed by atoms with van der Waals surface area (Å²) in [5.74, 6) is -1.95. The van der Waals surface area contributed by atoms with Gasteiger partial charge in [-0.25, -0.2) is 9.18 Å². The Hall–Kier alpha value is -1.93. The van der Waals surface area contributed by atoms with Crippen LogP contribution in [0.4, 0.5) is 10.1 Å². The normalized spacial score (nSPS) is 12.0. The highest BCUT2D eigenvalue weighted by Crippen LogP contribution is 2.18. The minimum atomic E-state index is -3.78. The molecule has 8 heteroatoms. The van der Waals surface area contributed by atoms with Crippen molar-refractivity contribution in [2.24, 2.45) is 0 Å². The number of hydrogen-bond acceptors (Lipinski definition) is 3. The van der Waals surface area contributed by atoms with Gasteiger partial charge >= 0.3 is 16.2 Å². The summed E-state index contributed by atoms with van der Waals surface area (Å²) in [6.07, 6.45) is 2.06. The van der Waals surface area contributed by atoms with Crippen molar-refractivity contribution in [3.63, 3.8) is 0 Å². The van der Waals surface area contributed by atoms with Gasteiger partial charge in [0.25, 0.3) is 0 Å². The maximum atomic E-state index is 13.6. The predicted molar refractivity (Wildman–Crippen MR) is 69.3 cm³/mol. The lowest BCUT2D eigenvalue weighted by Crippen LogP contribution is -2.29. The van der Waals surface area contributed by atoms with Gasteiger partial charge in [-0.2, -0.15) is 12.7 Å². The van der Waals surface area contributed by atoms with E-state index in [0.29, 0.717) is 5.56 Å². The second-order valence-corrected chi connectivity index (χ2v) is 5.68. The molecule has 6 nitrogen and oxygen atoms in total. The van der Waals surface area contributed by atoms with E-state index >= 15 is 0 Å². The summed E-state index contributed by atoms with van der Waals surface area (Å²) in [6, 6.07) is 3.65. The topological polar surface area (TPSA) is 86.7 Å². The van der Waals surface area contributed by atoms with E-state index in [1.54, 1.807) is 0 Å². The Morgan fingerprint density at radius 3 is 2.53 bits per heavy atom. The lowest BCUT2D eigenvalue weighted by Gasteiger charge is -2.13. The van der Waals surface area contributed by atoms with Crippen LogP contribution in [0.2, 0.25) is 0 Å². The van der Waals surface area contributed by atoms with E-state index in [1.165, 1.54) is 32.3 Å². The maximum Gasteiger partial charge on any atom is 0.328 e. The number of nitrogens with one attached hydrogen (secondary N) is 1. The Balaban J connectivity index is 2.99. The highest BCUT2D eigenvalue weighted by Gasteiger charge is 2.15. The fraction of sp³-hybridized carbons (Fsp3) is 0.182. The molecule has 0 saturated heterocycles. The first kappa shape index (κ1) is 15.1. The Morgan fingerprint density at radius 1 is 1.42 bits per heavy atom. The third-order valence-electron chi connectivity index (χ3n) is 2.13. The van der Waals surface area contributed by atoms with E-state index in [4.69, 9.17) is 5.11 Å². The van der Waals surface area contributed by atoms with Gasteiger partial charge in [0.15, 0.2) is 0 Å². The van der Waals surface area contributed by atoms with E-state index in [1.807, 2.05) is 0 Å². The third-order valence-corrected chi connectivity index (χ3v) is 3.57. The van der Waals surface area contributed by atoms with Gasteiger partial charge in [-0.1, -0.05) is 6.07 Å². The summed E-state index contributed by atoms with van der Waals surface area (Å²) in [5.41, 5.74) is 0.105. The molecule has 0 bridgehead atoms. The number of anilines is 1. The molecule has 0 heterocycles. The molecular formula is C11H13FN2O4S. The molecule has 0 atom stereocenters. The van der Waals surface area contributed by atoms with Gasteiger partial charge in [0.2, 0.25) is 0 Å². The number of nitrogens with zero attached hydrogens (tertiary/aromatic N) is 1. The fourth-order valence-electron chi connectivity index (χ4n) is 1.12. The van der Waals surface area contributed by atoms with Gasteiger partial charge in [-0.05, 0) is 23.8 Å². The van der Waals surface area contributed by atoms with Gasteiger partial charge in [0.1, 0.15) is 5.82 Å². The quantitative estimate of drug-likeness (QED) is 0.795. The zero-order chi connectivity index (χ0) is 14.6. The van der Waals surface area contributed by atoms with Crippen molar-refractivity contribution in [3.05, 3.63) is 35.7 Å². The Labute approximate surface area is 110 Å². The number of carboxylic acids is 1. The molecule has 1 rings (SSSR count). The molecule has 0 aromatic heterocycles. The van der Waals surface area contributed by atoms with Crippen LogP contribution in [0, 0.1) is 5.82 Å². The highest BCUT2D eigenvalue weighted by atomic mass is 32.2. The maximum absolute atomic E-state index is 13.6. The Kier molecular flexibility index (Phi) is 4.62. The van der Waals surface area contributed by atoms with Crippen LogP contribution in [0.5, 0.6) is 0 Å². The largest absolute Gasteiger partial charge is 0.478 e. The number of rotatable bonds is 5. The lowest BCUT2D eigenvalue weighted by molar-refractivity contribution is -0.131. The van der Waals surface area contributed by atoms with Crippen LogP contribution in [0.25, 0.3) is 6.08 Å². The Morgan fingerprint density at radius 2 is 2.05 bits per heavy atom. The summed E-state index contributed by atoms with van der Waals surface area (Å²) in [4.78, 5) is 10.3. The zero-order valence-corrected chi connectivity index (χ0v) is 11.1. The smallest absolute Gasteiger partial charge is 0.328 e. The summed E-state index contributed by atoms with van der Waals surface area (Å²) in [5, 5.41) is 8.43. The van der Waals surface area contributed by atoms with E-state index in [9.17, 15) is 17.6 Å². The number of aliphatic carboxylic acids is 1. The fourth-order valence-corrected chi connectivity index (χ4v) is 1.74. The first-order chi connectivity index (χ1) is 8.72. The minimum Gasteiger partial charge on any atom is -0.478 e. The summed E-state index contributed by atoms with van der Waals surface area (Å²) in [7, 11) is -1.16. The predicted octanol–water partition coefficient (Wildman–Crippen LogP) is 1.14. The average Bonchev–Trinajstić information content (AvgIpc) is 2.29. The van der Waals surface area contributed by atoms with Crippen molar-refractivity contribution < 1.29 is 22.7 Å². The number of benzene rings is 1. The molecule has 19 heavy (non-hydrogen) atoms. The first-order valence-electron chi connectivity index (χ1n) is 5.13. The van der Waals surface area contributed by atoms with Gasteiger partial charge < -0.3 is 5.11 Å². The standard InChI is InChI=1S/C11H13FN2O4S/c1-14(2)19(17,18)13-10-5-3-8(7-9(10)12)4-6-11(15)16/h3-7,13H,1-2H3,(H,15,16). The molecule has 0 aliphatic heterocycles. The first-order valence-corrected chi connectivity index (χ1v) is 6.57. The summed E-state index contributed by atoms with van der Waals surface area (Å²) in [6.45, 7) is 0. The van der Waals surface area contributed by atoms with Crippen molar-refractivity contribution >= 4 is 27.9 Å². The SMILES string of the molecule is CN(C)S(=O)(=O)Nc1ccc(C=CC(=O)O)cc1F. The molecule has 1 aromatic rings. The number of carboxylic acid groups (broad SMARTS) is 1. The van der Waals surface area contributed by atoms with Crippen LogP contribution in [0.15, 0.2) is 24.3 Å². The molecule has 2 N–H and O–H groups in total. The molecule has 1 aromatic carbocycles. The van der Waals surface area contributed by atoms with Crippen molar-refractivity contribution in [2.75, 3.05) is 18.8 Å². The van der Waals surface area contributed by atoms with Crippen LogP contribution < -0.4 is 4.72 Å². The van der Waals surface area contributed by atoms with Gasteiger partial charge in [-0.3, -0.25) is 4.72 Å². The van der Waals surface area contributed by atoms with Crippen molar-refractivity contribution in [3.8, 4) is 0 Å². The second kappa shape index (κ2) is 5.81. The monoisotopic (exact) mass is 288 g/mol. The summed E-state index contributed by atoms with van der Waals surface area (Å²) >= 11 is 0. The molecule has 104 valence electrons. The number of hydrogen-bond donors (Lipinski definition) is 2. The average molecular weight is 288 g/mol. The van der Waals surface area contributed by atoms with Crippen LogP contribution in [0.1, 0.15) is 5.56 Å². The number of carbonyl (C=O) groups is 1. The van der Waals surface area contributed by atoms with Crippen LogP contribution in [-0.4, -0.2) is 37.9 Å². The van der Waals surface area contributed by atoms with Gasteiger partial charge in [0.05, 0.1) is 5.69 Å². The molecule has 0 radical (unpaired) electrons. The highest BCUT2D eigenvalue weighted by molar-refractivity contribution is 7.90. The van der Waals surface area contributed by atoms with Crippen molar-refractivity contribution in [1.29, 1.82) is 0 Å². The lowest BCUT2D eigenvalue weighted by atomic mass is 10.2. The zero-order valence-electron chi connectivity index (χ0n) is 10.3. The minimum absolute atomic E-state index is 0.207. The van der Waals surface area contributed by atoms with Gasteiger partial charge in [-0.15, -0.1) is 0 Å².